The Balaban J connectivity index is 1.54. The Morgan fingerprint density at radius 2 is 1.93 bits per heavy atom. The van der Waals surface area contributed by atoms with Crippen LogP contribution in [0.2, 0.25) is 5.02 Å². The molecule has 0 spiro atoms. The zero-order chi connectivity index (χ0) is 20.6. The summed E-state index contributed by atoms with van der Waals surface area (Å²) in [4.78, 5) is 27.9. The Morgan fingerprint density at radius 3 is 2.66 bits per heavy atom. The molecule has 0 aliphatic rings. The van der Waals surface area contributed by atoms with Crippen molar-refractivity contribution in [3.05, 3.63) is 60.1 Å². The highest BCUT2D eigenvalue weighted by Gasteiger charge is 2.13. The number of benzene rings is 2. The number of rotatable bonds is 8. The Kier molecular flexibility index (Phi) is 6.64. The molecule has 0 bridgehead atoms. The molecule has 9 nitrogen and oxygen atoms in total. The highest BCUT2D eigenvalue weighted by Crippen LogP contribution is 2.26. The first-order valence-corrected chi connectivity index (χ1v) is 8.80. The maximum Gasteiger partial charge on any atom is 0.344 e. The summed E-state index contributed by atoms with van der Waals surface area (Å²) in [6.45, 7) is -0.855. The second-order valence-corrected chi connectivity index (χ2v) is 6.09. The fourth-order valence-corrected chi connectivity index (χ4v) is 2.56. The van der Waals surface area contributed by atoms with Crippen LogP contribution in [0.1, 0.15) is 0 Å². The molecule has 0 saturated carbocycles. The molecule has 29 heavy (non-hydrogen) atoms. The molecule has 150 valence electrons. The second-order valence-electron chi connectivity index (χ2n) is 5.65. The summed E-state index contributed by atoms with van der Waals surface area (Å²) in [6.07, 6.45) is 2.85. The molecule has 1 N–H and O–H groups in total. The van der Waals surface area contributed by atoms with Gasteiger partial charge in [0.25, 0.3) is 5.91 Å². The topological polar surface area (TPSA) is 105 Å². The van der Waals surface area contributed by atoms with Crippen LogP contribution < -0.4 is 14.8 Å². The smallest absolute Gasteiger partial charge is 0.344 e. The predicted octanol–water partition coefficient (Wildman–Crippen LogP) is 2.49. The van der Waals surface area contributed by atoms with E-state index in [-0.39, 0.29) is 6.61 Å². The van der Waals surface area contributed by atoms with Crippen LogP contribution in [0.25, 0.3) is 5.69 Å². The van der Waals surface area contributed by atoms with Gasteiger partial charge in [0.2, 0.25) is 0 Å². The lowest BCUT2D eigenvalue weighted by molar-refractivity contribution is -0.149. The number of hydrogen-bond acceptors (Lipinski definition) is 7. The molecule has 1 amide bonds. The van der Waals surface area contributed by atoms with E-state index in [0.717, 1.165) is 0 Å². The molecule has 2 aromatic carbocycles. The van der Waals surface area contributed by atoms with E-state index in [2.05, 4.69) is 15.4 Å². The van der Waals surface area contributed by atoms with Crippen molar-refractivity contribution >= 4 is 29.2 Å². The summed E-state index contributed by atoms with van der Waals surface area (Å²) in [5, 5.41) is 7.08. The monoisotopic (exact) mass is 416 g/mol. The number of hydrogen-bond donors (Lipinski definition) is 1. The minimum Gasteiger partial charge on any atom is -0.493 e. The lowest BCUT2D eigenvalue weighted by atomic mass is 10.2. The maximum atomic E-state index is 12.2. The van der Waals surface area contributed by atoms with E-state index in [1.807, 2.05) is 0 Å². The van der Waals surface area contributed by atoms with Crippen molar-refractivity contribution in [1.82, 2.24) is 14.8 Å². The second kappa shape index (κ2) is 9.56. The van der Waals surface area contributed by atoms with Crippen molar-refractivity contribution in [3.63, 3.8) is 0 Å². The van der Waals surface area contributed by atoms with Crippen molar-refractivity contribution in [1.29, 1.82) is 0 Å². The largest absolute Gasteiger partial charge is 0.493 e. The molecular weight excluding hydrogens is 400 g/mol. The maximum absolute atomic E-state index is 12.2. The van der Waals surface area contributed by atoms with Crippen LogP contribution in [-0.4, -0.2) is 47.0 Å². The van der Waals surface area contributed by atoms with E-state index in [1.54, 1.807) is 42.5 Å². The molecule has 0 aliphatic carbocycles. The SMILES string of the molecule is COc1ccccc1OCC(=O)OCC(=O)Nc1cc(Cl)ccc1-n1cncn1. The van der Waals surface area contributed by atoms with E-state index in [1.165, 1.54) is 24.4 Å². The quantitative estimate of drug-likeness (QED) is 0.562. The molecular formula is C19H17ClN4O5. The number of para-hydroxylation sites is 2. The summed E-state index contributed by atoms with van der Waals surface area (Å²) >= 11 is 6.00. The molecule has 10 heteroatoms. The number of nitrogens with zero attached hydrogens (tertiary/aromatic N) is 3. The van der Waals surface area contributed by atoms with Crippen molar-refractivity contribution in [2.45, 2.75) is 0 Å². The fourth-order valence-electron chi connectivity index (χ4n) is 2.39. The van der Waals surface area contributed by atoms with Gasteiger partial charge in [-0.2, -0.15) is 5.10 Å². The summed E-state index contributed by atoms with van der Waals surface area (Å²) in [6, 6.07) is 11.8. The normalized spacial score (nSPS) is 10.3. The van der Waals surface area contributed by atoms with Crippen LogP contribution in [0, 0.1) is 0 Å². The zero-order valence-corrected chi connectivity index (χ0v) is 16.1. The number of nitrogens with one attached hydrogen (secondary N) is 1. The Morgan fingerprint density at radius 1 is 1.14 bits per heavy atom. The molecule has 1 aromatic heterocycles. The van der Waals surface area contributed by atoms with E-state index >= 15 is 0 Å². The van der Waals surface area contributed by atoms with E-state index in [0.29, 0.717) is 27.9 Å². The van der Waals surface area contributed by atoms with Gasteiger partial charge in [-0.15, -0.1) is 0 Å². The van der Waals surface area contributed by atoms with Crippen LogP contribution >= 0.6 is 11.6 Å². The van der Waals surface area contributed by atoms with Gasteiger partial charge in [-0.3, -0.25) is 4.79 Å². The van der Waals surface area contributed by atoms with Gasteiger partial charge in [-0.1, -0.05) is 23.7 Å². The summed E-state index contributed by atoms with van der Waals surface area (Å²) in [7, 11) is 1.49. The molecule has 3 aromatic rings. The Hall–Kier alpha value is -3.59. The lowest BCUT2D eigenvalue weighted by Gasteiger charge is -2.12. The summed E-state index contributed by atoms with van der Waals surface area (Å²) < 4.78 is 16.9. The Bertz CT molecular complexity index is 994. The minimum atomic E-state index is -0.700. The minimum absolute atomic E-state index is 0.366. The number of methoxy groups -OCH3 is 1. The number of anilines is 1. The molecule has 0 aliphatic heterocycles. The third-order valence-corrected chi connectivity index (χ3v) is 3.91. The number of aromatic nitrogens is 3. The highest BCUT2D eigenvalue weighted by atomic mass is 35.5. The number of esters is 1. The van der Waals surface area contributed by atoms with Gasteiger partial charge < -0.3 is 19.5 Å². The van der Waals surface area contributed by atoms with E-state index < -0.39 is 18.5 Å². The van der Waals surface area contributed by atoms with Crippen LogP contribution in [0.4, 0.5) is 5.69 Å². The first-order chi connectivity index (χ1) is 14.1. The first kappa shape index (κ1) is 20.2. The van der Waals surface area contributed by atoms with Crippen LogP contribution in [0.5, 0.6) is 11.5 Å². The molecule has 0 radical (unpaired) electrons. The van der Waals surface area contributed by atoms with Crippen LogP contribution in [0.3, 0.4) is 0 Å². The molecule has 0 saturated heterocycles. The highest BCUT2D eigenvalue weighted by molar-refractivity contribution is 6.31. The molecule has 3 rings (SSSR count). The van der Waals surface area contributed by atoms with Gasteiger partial charge in [-0.25, -0.2) is 14.5 Å². The van der Waals surface area contributed by atoms with Crippen molar-refractivity contribution in [2.24, 2.45) is 0 Å². The number of carbonyl (C=O) groups is 2. The summed E-state index contributed by atoms with van der Waals surface area (Å²) in [5.74, 6) is -0.361. The van der Waals surface area contributed by atoms with Gasteiger partial charge in [0.05, 0.1) is 18.5 Å². The molecule has 0 fully saturated rings. The number of amides is 1. The predicted molar refractivity (Wildman–Crippen MR) is 104 cm³/mol. The van der Waals surface area contributed by atoms with Crippen molar-refractivity contribution in [2.75, 3.05) is 25.6 Å². The van der Waals surface area contributed by atoms with Crippen LogP contribution in [-0.2, 0) is 14.3 Å². The zero-order valence-electron chi connectivity index (χ0n) is 15.4. The van der Waals surface area contributed by atoms with Gasteiger partial charge in [0.1, 0.15) is 12.7 Å². The number of halogens is 1. The van der Waals surface area contributed by atoms with Gasteiger partial charge in [0, 0.05) is 5.02 Å². The summed E-state index contributed by atoms with van der Waals surface area (Å²) in [5.41, 5.74) is 0.959. The lowest BCUT2D eigenvalue weighted by Crippen LogP contribution is -2.24. The molecule has 0 unspecified atom stereocenters. The van der Waals surface area contributed by atoms with E-state index in [9.17, 15) is 9.59 Å². The van der Waals surface area contributed by atoms with Crippen molar-refractivity contribution in [3.8, 4) is 17.2 Å². The Labute approximate surface area is 171 Å². The average Bonchev–Trinajstić information content (AvgIpc) is 3.25. The number of carbonyl (C=O) groups excluding carboxylic acids is 2. The van der Waals surface area contributed by atoms with Crippen molar-refractivity contribution < 1.29 is 23.8 Å². The van der Waals surface area contributed by atoms with Crippen LogP contribution in [0.15, 0.2) is 55.1 Å². The first-order valence-electron chi connectivity index (χ1n) is 8.42. The third-order valence-electron chi connectivity index (χ3n) is 3.68. The average molecular weight is 417 g/mol. The standard InChI is InChI=1S/C19H17ClN4O5/c1-27-16-4-2-3-5-17(16)28-10-19(26)29-9-18(25)23-14-8-13(20)6-7-15(14)24-12-21-11-22-24/h2-8,11-12H,9-10H2,1H3,(H,23,25). The molecule has 1 heterocycles. The van der Waals surface area contributed by atoms with Gasteiger partial charge in [0.15, 0.2) is 24.7 Å². The third kappa shape index (κ3) is 5.45. The fraction of sp³-hybridized carbons (Fsp3) is 0.158. The van der Waals surface area contributed by atoms with E-state index in [4.69, 9.17) is 25.8 Å². The number of ether oxygens (including phenoxy) is 3. The van der Waals surface area contributed by atoms with Gasteiger partial charge >= 0.3 is 5.97 Å². The molecule has 0 atom stereocenters. The van der Waals surface area contributed by atoms with Gasteiger partial charge in [-0.05, 0) is 30.3 Å².